The van der Waals surface area contributed by atoms with Gasteiger partial charge in [0, 0.05) is 26.4 Å². The summed E-state index contributed by atoms with van der Waals surface area (Å²) in [6, 6.07) is 9.83. The van der Waals surface area contributed by atoms with E-state index in [0.29, 0.717) is 31.3 Å². The molecule has 0 bridgehead atoms. The quantitative estimate of drug-likeness (QED) is 0.819. The Balaban J connectivity index is 2.27. The predicted octanol–water partition coefficient (Wildman–Crippen LogP) is 2.77. The first-order valence-corrected chi connectivity index (χ1v) is 7.28. The summed E-state index contributed by atoms with van der Waals surface area (Å²) in [6.45, 7) is 7.13. The van der Waals surface area contributed by atoms with Crippen LogP contribution >= 0.6 is 0 Å². The van der Waals surface area contributed by atoms with Crippen molar-refractivity contribution in [3.8, 4) is 0 Å². The Morgan fingerprint density at radius 3 is 2.38 bits per heavy atom. The number of hydrogen-bond donors (Lipinski definition) is 0. The number of amides is 1. The molecule has 1 unspecified atom stereocenters. The molecule has 0 aliphatic heterocycles. The Bertz CT molecular complexity index is 576. The molecule has 1 atom stereocenters. The molecule has 2 aromatic rings. The Morgan fingerprint density at radius 2 is 1.86 bits per heavy atom. The molecular formula is C16H21N3O2. The summed E-state index contributed by atoms with van der Waals surface area (Å²) in [5, 5.41) is 7.98. The van der Waals surface area contributed by atoms with Gasteiger partial charge in [-0.05, 0) is 19.4 Å². The van der Waals surface area contributed by atoms with Crippen LogP contribution in [0.2, 0.25) is 0 Å². The zero-order valence-corrected chi connectivity index (χ0v) is 12.7. The van der Waals surface area contributed by atoms with Crippen molar-refractivity contribution in [3.63, 3.8) is 0 Å². The molecule has 112 valence electrons. The average Bonchev–Trinajstić information content (AvgIpc) is 2.93. The predicted molar refractivity (Wildman–Crippen MR) is 79.9 cm³/mol. The zero-order valence-electron chi connectivity index (χ0n) is 12.7. The Hall–Kier alpha value is -2.17. The molecule has 1 aromatic heterocycles. The highest BCUT2D eigenvalue weighted by Gasteiger charge is 2.25. The van der Waals surface area contributed by atoms with Crippen LogP contribution in [0.1, 0.15) is 43.5 Å². The van der Waals surface area contributed by atoms with Gasteiger partial charge in [0.15, 0.2) is 0 Å². The van der Waals surface area contributed by atoms with E-state index in [-0.39, 0.29) is 11.8 Å². The Kier molecular flexibility index (Phi) is 5.09. The van der Waals surface area contributed by atoms with Crippen molar-refractivity contribution in [2.24, 2.45) is 0 Å². The minimum atomic E-state index is -0.194. The van der Waals surface area contributed by atoms with Crippen LogP contribution in [-0.2, 0) is 4.79 Å². The van der Waals surface area contributed by atoms with E-state index in [2.05, 4.69) is 10.2 Å². The molecule has 0 saturated heterocycles. The van der Waals surface area contributed by atoms with Crippen molar-refractivity contribution < 1.29 is 9.21 Å². The van der Waals surface area contributed by atoms with Gasteiger partial charge in [-0.15, -0.1) is 10.2 Å². The van der Waals surface area contributed by atoms with Gasteiger partial charge in [-0.25, -0.2) is 0 Å². The fourth-order valence-electron chi connectivity index (χ4n) is 2.37. The second kappa shape index (κ2) is 7.02. The molecule has 0 N–H and O–H groups in total. The van der Waals surface area contributed by atoms with E-state index in [0.717, 1.165) is 5.56 Å². The lowest BCUT2D eigenvalue weighted by Crippen LogP contribution is -2.31. The molecule has 1 amide bonds. The van der Waals surface area contributed by atoms with E-state index < -0.39 is 0 Å². The number of rotatable bonds is 6. The monoisotopic (exact) mass is 287 g/mol. The minimum absolute atomic E-state index is 0.102. The number of aryl methyl sites for hydroxylation is 1. The lowest BCUT2D eigenvalue weighted by molar-refractivity contribution is -0.131. The summed E-state index contributed by atoms with van der Waals surface area (Å²) in [5.41, 5.74) is 1.02. The van der Waals surface area contributed by atoms with Gasteiger partial charge in [-0.2, -0.15) is 0 Å². The highest BCUT2D eigenvalue weighted by Crippen LogP contribution is 2.27. The summed E-state index contributed by atoms with van der Waals surface area (Å²) >= 11 is 0. The van der Waals surface area contributed by atoms with E-state index >= 15 is 0 Å². The maximum Gasteiger partial charge on any atom is 0.224 e. The second-order valence-electron chi connectivity index (χ2n) is 4.89. The first-order valence-electron chi connectivity index (χ1n) is 7.28. The minimum Gasteiger partial charge on any atom is -0.425 e. The van der Waals surface area contributed by atoms with E-state index in [4.69, 9.17) is 4.42 Å². The SMILES string of the molecule is CCN(CC)C(=O)CC(c1ccccc1)c1nnc(C)o1. The first-order chi connectivity index (χ1) is 10.2. The number of hydrogen-bond acceptors (Lipinski definition) is 4. The summed E-state index contributed by atoms with van der Waals surface area (Å²) in [5.74, 6) is 0.922. The summed E-state index contributed by atoms with van der Waals surface area (Å²) < 4.78 is 5.55. The maximum atomic E-state index is 12.4. The van der Waals surface area contributed by atoms with Crippen molar-refractivity contribution >= 4 is 5.91 Å². The highest BCUT2D eigenvalue weighted by molar-refractivity contribution is 5.77. The van der Waals surface area contributed by atoms with E-state index in [1.807, 2.05) is 49.1 Å². The molecule has 1 heterocycles. The first kappa shape index (κ1) is 15.2. The smallest absolute Gasteiger partial charge is 0.224 e. The Morgan fingerprint density at radius 1 is 1.19 bits per heavy atom. The molecular weight excluding hydrogens is 266 g/mol. The number of nitrogens with zero attached hydrogens (tertiary/aromatic N) is 3. The molecule has 5 nitrogen and oxygen atoms in total. The maximum absolute atomic E-state index is 12.4. The molecule has 0 saturated carbocycles. The van der Waals surface area contributed by atoms with Crippen molar-refractivity contribution in [1.82, 2.24) is 15.1 Å². The van der Waals surface area contributed by atoms with Crippen molar-refractivity contribution in [3.05, 3.63) is 47.7 Å². The van der Waals surface area contributed by atoms with Gasteiger partial charge < -0.3 is 9.32 Å². The number of carbonyl (C=O) groups excluding carboxylic acids is 1. The molecule has 2 rings (SSSR count). The second-order valence-corrected chi connectivity index (χ2v) is 4.89. The van der Waals surface area contributed by atoms with E-state index in [9.17, 15) is 4.79 Å². The zero-order chi connectivity index (χ0) is 15.2. The molecule has 0 aliphatic carbocycles. The fraction of sp³-hybridized carbons (Fsp3) is 0.438. The van der Waals surface area contributed by atoms with Gasteiger partial charge in [0.1, 0.15) is 0 Å². The van der Waals surface area contributed by atoms with Crippen LogP contribution in [-0.4, -0.2) is 34.1 Å². The number of benzene rings is 1. The third-order valence-electron chi connectivity index (χ3n) is 3.54. The van der Waals surface area contributed by atoms with E-state index in [1.54, 1.807) is 6.92 Å². The van der Waals surface area contributed by atoms with Crippen molar-refractivity contribution in [2.45, 2.75) is 33.1 Å². The van der Waals surface area contributed by atoms with Crippen LogP contribution < -0.4 is 0 Å². The molecule has 0 radical (unpaired) electrons. The van der Waals surface area contributed by atoms with E-state index in [1.165, 1.54) is 0 Å². The fourth-order valence-corrected chi connectivity index (χ4v) is 2.37. The third-order valence-corrected chi connectivity index (χ3v) is 3.54. The van der Waals surface area contributed by atoms with Crippen LogP contribution in [0.4, 0.5) is 0 Å². The topological polar surface area (TPSA) is 59.2 Å². The van der Waals surface area contributed by atoms with Crippen LogP contribution in [0.15, 0.2) is 34.7 Å². The van der Waals surface area contributed by atoms with Gasteiger partial charge in [0.25, 0.3) is 0 Å². The summed E-state index contributed by atoms with van der Waals surface area (Å²) in [7, 11) is 0. The average molecular weight is 287 g/mol. The van der Waals surface area contributed by atoms with Gasteiger partial charge >= 0.3 is 0 Å². The summed E-state index contributed by atoms with van der Waals surface area (Å²) in [4.78, 5) is 14.2. The van der Waals surface area contributed by atoms with Crippen LogP contribution in [0.25, 0.3) is 0 Å². The molecule has 0 fully saturated rings. The lowest BCUT2D eigenvalue weighted by atomic mass is 9.95. The molecule has 0 spiro atoms. The highest BCUT2D eigenvalue weighted by atomic mass is 16.4. The third kappa shape index (κ3) is 3.68. The van der Waals surface area contributed by atoms with Crippen LogP contribution in [0.3, 0.4) is 0 Å². The number of carbonyl (C=O) groups is 1. The molecule has 21 heavy (non-hydrogen) atoms. The Labute approximate surface area is 125 Å². The lowest BCUT2D eigenvalue weighted by Gasteiger charge is -2.21. The summed E-state index contributed by atoms with van der Waals surface area (Å²) in [6.07, 6.45) is 0.341. The van der Waals surface area contributed by atoms with Crippen molar-refractivity contribution in [2.75, 3.05) is 13.1 Å². The van der Waals surface area contributed by atoms with Gasteiger partial charge in [-0.3, -0.25) is 4.79 Å². The molecule has 1 aromatic carbocycles. The largest absolute Gasteiger partial charge is 0.425 e. The van der Waals surface area contributed by atoms with Gasteiger partial charge in [0.2, 0.25) is 17.7 Å². The van der Waals surface area contributed by atoms with Crippen molar-refractivity contribution in [1.29, 1.82) is 0 Å². The van der Waals surface area contributed by atoms with Gasteiger partial charge in [-0.1, -0.05) is 30.3 Å². The van der Waals surface area contributed by atoms with Crippen LogP contribution in [0, 0.1) is 6.92 Å². The van der Waals surface area contributed by atoms with Gasteiger partial charge in [0.05, 0.1) is 5.92 Å². The van der Waals surface area contributed by atoms with Crippen LogP contribution in [0.5, 0.6) is 0 Å². The molecule has 0 aliphatic rings. The normalized spacial score (nSPS) is 12.1. The molecule has 5 heteroatoms. The standard InChI is InChI=1S/C16H21N3O2/c1-4-19(5-2)15(20)11-14(13-9-7-6-8-10-13)16-18-17-12(3)21-16/h6-10,14H,4-5,11H2,1-3H3. The number of aromatic nitrogens is 2.